The molecule has 1 saturated heterocycles. The van der Waals surface area contributed by atoms with Gasteiger partial charge in [-0.05, 0) is 60.0 Å². The van der Waals surface area contributed by atoms with Crippen molar-refractivity contribution in [1.82, 2.24) is 30.5 Å². The zero-order chi connectivity index (χ0) is 39.3. The highest BCUT2D eigenvalue weighted by atomic mass is 32.2. The summed E-state index contributed by atoms with van der Waals surface area (Å²) in [7, 11) is -2.35. The lowest BCUT2D eigenvalue weighted by atomic mass is 9.83. The highest BCUT2D eigenvalue weighted by Crippen LogP contribution is 2.65. The van der Waals surface area contributed by atoms with Crippen molar-refractivity contribution in [3.05, 3.63) is 43.0 Å². The van der Waals surface area contributed by atoms with E-state index < -0.39 is 63.2 Å². The summed E-state index contributed by atoms with van der Waals surface area (Å²) >= 11 is 0. The normalized spacial score (nSPS) is 22.9. The van der Waals surface area contributed by atoms with Crippen molar-refractivity contribution in [2.45, 2.75) is 116 Å². The molecule has 1 aromatic rings. The predicted octanol–water partition coefficient (Wildman–Crippen LogP) is 3.61. The van der Waals surface area contributed by atoms with Gasteiger partial charge in [-0.3, -0.25) is 19.2 Å². The SMILES string of the molecule is C=CCNC(=O)C(=O)C(CCC)NC(=O)[C@@H]1[C@@H]2[C@H](CN1C(=O)[C@@H](NC(=O)N[C@H](CN(C)S(=O)(=O)c1ccccc1)C(C)(C)C)C1CCCCC1)C2(C)C. The number of rotatable bonds is 16. The number of urea groups is 1. The molecule has 4 N–H and O–H groups in total. The molecule has 3 fully saturated rings. The van der Waals surface area contributed by atoms with Crippen molar-refractivity contribution < 1.29 is 32.4 Å². The third-order valence-electron chi connectivity index (χ3n) is 11.5. The minimum atomic E-state index is -3.83. The number of Topliss-reactive ketones (excluding diaryl/α,β-unsaturated/α-hetero) is 1. The van der Waals surface area contributed by atoms with Crippen molar-refractivity contribution in [3.8, 4) is 0 Å². The topological polar surface area (TPSA) is 174 Å². The molecule has 0 spiro atoms. The quantitative estimate of drug-likeness (QED) is 0.147. The van der Waals surface area contributed by atoms with E-state index in [2.05, 4.69) is 41.7 Å². The molecule has 1 heterocycles. The summed E-state index contributed by atoms with van der Waals surface area (Å²) in [6, 6.07) is 4.04. The maximum Gasteiger partial charge on any atom is 0.315 e. The molecule has 53 heavy (non-hydrogen) atoms. The molecule has 1 aliphatic heterocycles. The Balaban J connectivity index is 1.55. The molecule has 14 heteroatoms. The van der Waals surface area contributed by atoms with E-state index >= 15 is 0 Å². The summed E-state index contributed by atoms with van der Waals surface area (Å²) in [5.41, 5.74) is -0.760. The Morgan fingerprint density at radius 1 is 1.02 bits per heavy atom. The van der Waals surface area contributed by atoms with Gasteiger partial charge in [-0.2, -0.15) is 4.31 Å². The Kier molecular flexibility index (Phi) is 13.6. The molecular weight excluding hydrogens is 697 g/mol. The molecule has 5 amide bonds. The summed E-state index contributed by atoms with van der Waals surface area (Å²) in [4.78, 5) is 70.0. The number of fused-ring (bicyclic) bond motifs is 1. The van der Waals surface area contributed by atoms with E-state index in [0.717, 1.165) is 32.1 Å². The third-order valence-corrected chi connectivity index (χ3v) is 13.4. The molecule has 3 aliphatic rings. The van der Waals surface area contributed by atoms with Crippen LogP contribution in [0.5, 0.6) is 0 Å². The maximum atomic E-state index is 14.7. The molecule has 0 radical (unpaired) electrons. The third kappa shape index (κ3) is 9.67. The molecule has 13 nitrogen and oxygen atoms in total. The van der Waals surface area contributed by atoms with Crippen LogP contribution in [-0.4, -0.2) is 98.0 Å². The van der Waals surface area contributed by atoms with Gasteiger partial charge in [0.1, 0.15) is 12.1 Å². The zero-order valence-electron chi connectivity index (χ0n) is 32.4. The summed E-state index contributed by atoms with van der Waals surface area (Å²) in [6.07, 6.45) is 6.56. The number of ketones is 1. The van der Waals surface area contributed by atoms with Crippen LogP contribution in [0, 0.1) is 28.6 Å². The van der Waals surface area contributed by atoms with Crippen LogP contribution in [0.2, 0.25) is 0 Å². The number of likely N-dealkylation sites (N-methyl/N-ethyl adjacent to an activating group) is 1. The number of hydrogen-bond donors (Lipinski definition) is 4. The van der Waals surface area contributed by atoms with Crippen molar-refractivity contribution in [2.24, 2.45) is 28.6 Å². The van der Waals surface area contributed by atoms with Gasteiger partial charge in [0.15, 0.2) is 0 Å². The van der Waals surface area contributed by atoms with Crippen LogP contribution in [0.4, 0.5) is 4.79 Å². The van der Waals surface area contributed by atoms with Crippen molar-refractivity contribution in [1.29, 1.82) is 0 Å². The molecule has 6 atom stereocenters. The molecule has 0 aromatic heterocycles. The predicted molar refractivity (Wildman–Crippen MR) is 203 cm³/mol. The van der Waals surface area contributed by atoms with E-state index in [-0.39, 0.29) is 53.5 Å². The van der Waals surface area contributed by atoms with Crippen molar-refractivity contribution in [2.75, 3.05) is 26.7 Å². The molecule has 0 bridgehead atoms. The standard InChI is InChI=1S/C39H60N6O7S/c1-9-17-28(33(46)35(48)40-22-10-2)41-34(47)32-30-27(39(30,6)7)23-45(32)36(49)31(25-18-13-11-14-19-25)43-37(50)42-29(38(3,4)5)24-44(8)53(51,52)26-20-15-12-16-21-26/h10,12,15-16,20-21,25,27-32H,2,9,11,13-14,17-19,22-24H2,1,3-8H3,(H,40,48)(H,41,47)(H2,42,43,50)/t27-,28?,29+,30-,31-,32-/m0/s1. The fraction of sp³-hybridized carbons (Fsp3) is 0.667. The smallest absolute Gasteiger partial charge is 0.315 e. The van der Waals surface area contributed by atoms with Gasteiger partial charge in [0, 0.05) is 32.7 Å². The Morgan fingerprint density at radius 3 is 2.25 bits per heavy atom. The first kappa shape index (κ1) is 42.0. The Labute approximate surface area is 315 Å². The number of benzene rings is 1. The van der Waals surface area contributed by atoms with Gasteiger partial charge in [0.25, 0.3) is 5.91 Å². The monoisotopic (exact) mass is 756 g/mol. The highest BCUT2D eigenvalue weighted by Gasteiger charge is 2.69. The summed E-state index contributed by atoms with van der Waals surface area (Å²) in [5.74, 6) is -2.64. The molecule has 2 saturated carbocycles. The first-order valence-electron chi connectivity index (χ1n) is 19.0. The second-order valence-electron chi connectivity index (χ2n) is 16.6. The van der Waals surface area contributed by atoms with Crippen LogP contribution in [0.25, 0.3) is 0 Å². The number of carbonyl (C=O) groups excluding carboxylic acids is 5. The summed E-state index contributed by atoms with van der Waals surface area (Å²) in [5, 5.41) is 11.3. The lowest BCUT2D eigenvalue weighted by Crippen LogP contribution is -2.61. The lowest BCUT2D eigenvalue weighted by Gasteiger charge is -2.38. The van der Waals surface area contributed by atoms with E-state index in [1.807, 2.05) is 27.7 Å². The first-order chi connectivity index (χ1) is 24.9. The number of nitrogens with one attached hydrogen (secondary N) is 4. The molecule has 2 aliphatic carbocycles. The van der Waals surface area contributed by atoms with Gasteiger partial charge in [-0.15, -0.1) is 6.58 Å². The largest absolute Gasteiger partial charge is 0.346 e. The maximum absolute atomic E-state index is 14.7. The minimum Gasteiger partial charge on any atom is -0.346 e. The van der Waals surface area contributed by atoms with Crippen molar-refractivity contribution >= 4 is 39.6 Å². The van der Waals surface area contributed by atoms with Crippen LogP contribution >= 0.6 is 0 Å². The van der Waals surface area contributed by atoms with E-state index in [9.17, 15) is 32.4 Å². The van der Waals surface area contributed by atoms with Gasteiger partial charge in [-0.1, -0.05) is 91.5 Å². The van der Waals surface area contributed by atoms with Crippen LogP contribution in [-0.2, 0) is 29.2 Å². The average Bonchev–Trinajstić information content (AvgIpc) is 3.42. The molecule has 4 rings (SSSR count). The van der Waals surface area contributed by atoms with Crippen LogP contribution in [0.1, 0.15) is 86.5 Å². The second-order valence-corrected chi connectivity index (χ2v) is 18.7. The fourth-order valence-corrected chi connectivity index (χ4v) is 9.28. The molecular formula is C39H60N6O7S. The van der Waals surface area contributed by atoms with E-state index in [0.29, 0.717) is 13.0 Å². The number of likely N-dealkylation sites (tertiary alicyclic amines) is 1. The summed E-state index contributed by atoms with van der Waals surface area (Å²) in [6.45, 7) is 15.7. The highest BCUT2D eigenvalue weighted by molar-refractivity contribution is 7.89. The number of piperidine rings is 1. The number of amides is 5. The van der Waals surface area contributed by atoms with Crippen LogP contribution in [0.3, 0.4) is 0 Å². The Bertz CT molecular complexity index is 1620. The number of sulfonamides is 1. The molecule has 1 aromatic carbocycles. The van der Waals surface area contributed by atoms with Gasteiger partial charge >= 0.3 is 6.03 Å². The van der Waals surface area contributed by atoms with Crippen LogP contribution < -0.4 is 21.3 Å². The van der Waals surface area contributed by atoms with Gasteiger partial charge in [0.2, 0.25) is 27.6 Å². The van der Waals surface area contributed by atoms with E-state index in [4.69, 9.17) is 0 Å². The average molecular weight is 757 g/mol. The summed E-state index contributed by atoms with van der Waals surface area (Å²) < 4.78 is 27.9. The van der Waals surface area contributed by atoms with E-state index in [1.165, 1.54) is 29.6 Å². The second kappa shape index (κ2) is 17.1. The number of hydrogen-bond acceptors (Lipinski definition) is 7. The van der Waals surface area contributed by atoms with Gasteiger partial charge in [-0.25, -0.2) is 13.2 Å². The Hall–Kier alpha value is -3.78. The van der Waals surface area contributed by atoms with E-state index in [1.54, 1.807) is 23.1 Å². The number of nitrogens with zero attached hydrogens (tertiary/aromatic N) is 2. The Morgan fingerprint density at radius 2 is 1.66 bits per heavy atom. The number of carbonyl (C=O) groups is 5. The zero-order valence-corrected chi connectivity index (χ0v) is 33.3. The molecule has 1 unspecified atom stereocenters. The van der Waals surface area contributed by atoms with Crippen LogP contribution in [0.15, 0.2) is 47.9 Å². The fourth-order valence-electron chi connectivity index (χ4n) is 8.07. The van der Waals surface area contributed by atoms with Gasteiger partial charge in [0.05, 0.1) is 10.9 Å². The lowest BCUT2D eigenvalue weighted by molar-refractivity contribution is -0.144. The molecule has 294 valence electrons. The minimum absolute atomic E-state index is 0.00768. The van der Waals surface area contributed by atoms with Crippen molar-refractivity contribution in [3.63, 3.8) is 0 Å². The van der Waals surface area contributed by atoms with Gasteiger partial charge < -0.3 is 26.2 Å². The first-order valence-corrected chi connectivity index (χ1v) is 20.4.